The van der Waals surface area contributed by atoms with E-state index in [1.165, 1.54) is 23.8 Å². The molecule has 33 heavy (non-hydrogen) atoms. The number of methoxy groups -OCH3 is 1. The van der Waals surface area contributed by atoms with E-state index in [2.05, 4.69) is 5.32 Å². The fraction of sp³-hybridized carbons (Fsp3) is 0.333. The Morgan fingerprint density at radius 3 is 2.48 bits per heavy atom. The second-order valence-electron chi connectivity index (χ2n) is 9.02. The van der Waals surface area contributed by atoms with Gasteiger partial charge in [0.1, 0.15) is 11.6 Å². The summed E-state index contributed by atoms with van der Waals surface area (Å²) in [6, 6.07) is 6.73. The highest BCUT2D eigenvalue weighted by Crippen LogP contribution is 2.40. The Balaban J connectivity index is 1.92. The van der Waals surface area contributed by atoms with Crippen LogP contribution in [0.1, 0.15) is 43.5 Å². The van der Waals surface area contributed by atoms with Gasteiger partial charge in [0.05, 0.1) is 18.7 Å². The number of halogens is 1. The number of aromatic hydroxyl groups is 2. The number of ether oxygens (including phenoxy) is 2. The molecule has 2 aromatic carbocycles. The number of fused-ring (bicyclic) bond motifs is 2. The van der Waals surface area contributed by atoms with Crippen molar-refractivity contribution in [1.29, 1.82) is 0 Å². The standard InChI is InChI=1S/C24H25ClN2O6/c1-24(2,3)33-23(31)27-11-16(15-9-13(25)5-6-18(15)27)21-14-10-20(29)19(28)8-12(14)7-17(26-21)22(30)32-4/h5-6,8-11,17,21,26,28-29H,7H2,1-4H3/t17-,21+/m0/s1. The number of benzene rings is 2. The van der Waals surface area contributed by atoms with Gasteiger partial charge in [0.25, 0.3) is 0 Å². The number of phenols is 2. The third-order valence-corrected chi connectivity index (χ3v) is 5.76. The number of nitrogens with one attached hydrogen (secondary N) is 1. The van der Waals surface area contributed by atoms with Gasteiger partial charge in [-0.3, -0.25) is 14.7 Å². The van der Waals surface area contributed by atoms with Crippen molar-refractivity contribution >= 4 is 34.6 Å². The average Bonchev–Trinajstić information content (AvgIpc) is 3.10. The molecule has 2 atom stereocenters. The van der Waals surface area contributed by atoms with Gasteiger partial charge in [-0.1, -0.05) is 11.6 Å². The molecule has 4 rings (SSSR count). The van der Waals surface area contributed by atoms with E-state index in [-0.39, 0.29) is 17.9 Å². The third-order valence-electron chi connectivity index (χ3n) is 5.52. The zero-order chi connectivity index (χ0) is 24.1. The fourth-order valence-electron chi connectivity index (χ4n) is 4.12. The number of hydrogen-bond acceptors (Lipinski definition) is 7. The van der Waals surface area contributed by atoms with E-state index in [0.717, 1.165) is 0 Å². The molecule has 0 amide bonds. The first-order valence-electron chi connectivity index (χ1n) is 10.4. The second kappa shape index (κ2) is 8.28. The summed E-state index contributed by atoms with van der Waals surface area (Å²) in [5.41, 5.74) is 1.86. The Hall–Kier alpha value is -3.23. The number of nitrogens with zero attached hydrogens (tertiary/aromatic N) is 1. The van der Waals surface area contributed by atoms with Crippen molar-refractivity contribution in [3.63, 3.8) is 0 Å². The maximum atomic E-state index is 13.0. The summed E-state index contributed by atoms with van der Waals surface area (Å²) >= 11 is 6.28. The molecule has 8 nitrogen and oxygen atoms in total. The fourth-order valence-corrected chi connectivity index (χ4v) is 4.29. The minimum Gasteiger partial charge on any atom is -0.504 e. The minimum atomic E-state index is -0.699. The number of carbonyl (C=O) groups is 2. The topological polar surface area (TPSA) is 110 Å². The van der Waals surface area contributed by atoms with E-state index in [1.54, 1.807) is 45.2 Å². The third kappa shape index (κ3) is 4.36. The lowest BCUT2D eigenvalue weighted by molar-refractivity contribution is -0.143. The summed E-state index contributed by atoms with van der Waals surface area (Å²) in [5.74, 6) is -1.03. The first-order chi connectivity index (χ1) is 15.5. The summed E-state index contributed by atoms with van der Waals surface area (Å²) in [5, 5.41) is 24.6. The zero-order valence-electron chi connectivity index (χ0n) is 18.7. The first kappa shape index (κ1) is 22.9. The van der Waals surface area contributed by atoms with Crippen molar-refractivity contribution in [1.82, 2.24) is 9.88 Å². The zero-order valence-corrected chi connectivity index (χ0v) is 19.4. The van der Waals surface area contributed by atoms with Gasteiger partial charge in [-0.25, -0.2) is 4.79 Å². The van der Waals surface area contributed by atoms with Crippen LogP contribution in [0.25, 0.3) is 10.9 Å². The van der Waals surface area contributed by atoms with Crippen molar-refractivity contribution in [3.8, 4) is 11.5 Å². The van der Waals surface area contributed by atoms with Crippen LogP contribution in [0.5, 0.6) is 11.5 Å². The van der Waals surface area contributed by atoms with Crippen LogP contribution in [0.15, 0.2) is 36.5 Å². The van der Waals surface area contributed by atoms with Gasteiger partial charge in [-0.15, -0.1) is 0 Å². The normalized spacial score (nSPS) is 18.1. The van der Waals surface area contributed by atoms with Crippen molar-refractivity contribution in [2.24, 2.45) is 0 Å². The highest BCUT2D eigenvalue weighted by atomic mass is 35.5. The van der Waals surface area contributed by atoms with E-state index in [1.807, 2.05) is 0 Å². The van der Waals surface area contributed by atoms with Crippen molar-refractivity contribution < 1.29 is 29.3 Å². The van der Waals surface area contributed by atoms with Crippen LogP contribution in [0, 0.1) is 0 Å². The minimum absolute atomic E-state index is 0.262. The molecule has 0 aliphatic carbocycles. The van der Waals surface area contributed by atoms with Crippen LogP contribution in [0.2, 0.25) is 5.02 Å². The molecule has 1 aliphatic heterocycles. The predicted molar refractivity (Wildman–Crippen MR) is 123 cm³/mol. The number of carbonyl (C=O) groups excluding carboxylic acids is 2. The van der Waals surface area contributed by atoms with Crippen LogP contribution >= 0.6 is 11.6 Å². The van der Waals surface area contributed by atoms with Gasteiger partial charge in [0.15, 0.2) is 11.5 Å². The van der Waals surface area contributed by atoms with Crippen molar-refractivity contribution in [2.45, 2.75) is 44.9 Å². The lowest BCUT2D eigenvalue weighted by Gasteiger charge is -2.32. The molecule has 174 valence electrons. The molecular formula is C24H25ClN2O6. The Morgan fingerprint density at radius 1 is 1.12 bits per heavy atom. The van der Waals surface area contributed by atoms with Gasteiger partial charge < -0.3 is 19.7 Å². The molecule has 2 heterocycles. The van der Waals surface area contributed by atoms with Gasteiger partial charge in [0.2, 0.25) is 0 Å². The molecule has 3 aromatic rings. The Kier molecular flexibility index (Phi) is 5.76. The molecule has 0 saturated heterocycles. The van der Waals surface area contributed by atoms with Crippen LogP contribution in [0.4, 0.5) is 4.79 Å². The number of hydrogen-bond donors (Lipinski definition) is 3. The maximum absolute atomic E-state index is 13.0. The van der Waals surface area contributed by atoms with Crippen LogP contribution in [0.3, 0.4) is 0 Å². The van der Waals surface area contributed by atoms with Crippen LogP contribution in [-0.2, 0) is 20.7 Å². The molecule has 0 saturated carbocycles. The Labute approximate surface area is 195 Å². The summed E-state index contributed by atoms with van der Waals surface area (Å²) in [6.45, 7) is 5.34. The molecule has 0 radical (unpaired) electrons. The van der Waals surface area contributed by atoms with E-state index < -0.39 is 29.7 Å². The lowest BCUT2D eigenvalue weighted by Crippen LogP contribution is -2.45. The van der Waals surface area contributed by atoms with E-state index in [0.29, 0.717) is 32.6 Å². The molecular weight excluding hydrogens is 448 g/mol. The number of rotatable bonds is 2. The van der Waals surface area contributed by atoms with Crippen molar-refractivity contribution in [3.05, 3.63) is 58.2 Å². The highest BCUT2D eigenvalue weighted by molar-refractivity contribution is 6.31. The summed E-state index contributed by atoms with van der Waals surface area (Å²) in [6.07, 6.45) is 1.34. The second-order valence-corrected chi connectivity index (χ2v) is 9.45. The molecule has 0 unspecified atom stereocenters. The van der Waals surface area contributed by atoms with Gasteiger partial charge >= 0.3 is 12.1 Å². The average molecular weight is 473 g/mol. The van der Waals surface area contributed by atoms with Crippen LogP contribution in [-0.4, -0.2) is 45.6 Å². The number of aromatic nitrogens is 1. The molecule has 9 heteroatoms. The quantitative estimate of drug-likeness (QED) is 0.377. The van der Waals surface area contributed by atoms with Gasteiger partial charge in [-0.2, -0.15) is 0 Å². The van der Waals surface area contributed by atoms with Gasteiger partial charge in [-0.05, 0) is 74.2 Å². The number of phenolic OH excluding ortho intramolecular Hbond substituents is 2. The largest absolute Gasteiger partial charge is 0.504 e. The summed E-state index contributed by atoms with van der Waals surface area (Å²) < 4.78 is 11.9. The molecule has 0 bridgehead atoms. The van der Waals surface area contributed by atoms with Crippen molar-refractivity contribution in [2.75, 3.05) is 7.11 Å². The SMILES string of the molecule is COC(=O)[C@@H]1Cc2cc(O)c(O)cc2[C@H](c2cn(C(=O)OC(C)(C)C)c3ccc(Cl)cc23)N1. The van der Waals surface area contributed by atoms with Gasteiger partial charge in [0, 0.05) is 16.6 Å². The lowest BCUT2D eigenvalue weighted by atomic mass is 9.86. The Morgan fingerprint density at radius 2 is 1.82 bits per heavy atom. The molecule has 0 spiro atoms. The number of esters is 1. The predicted octanol–water partition coefficient (Wildman–Crippen LogP) is 4.27. The molecule has 3 N–H and O–H groups in total. The van der Waals surface area contributed by atoms with E-state index in [9.17, 15) is 19.8 Å². The molecule has 1 aliphatic rings. The summed E-state index contributed by atoms with van der Waals surface area (Å²) in [7, 11) is 1.30. The first-order valence-corrected chi connectivity index (χ1v) is 10.8. The Bertz CT molecular complexity index is 1260. The van der Waals surface area contributed by atoms with E-state index >= 15 is 0 Å². The smallest absolute Gasteiger partial charge is 0.419 e. The monoisotopic (exact) mass is 472 g/mol. The summed E-state index contributed by atoms with van der Waals surface area (Å²) in [4.78, 5) is 25.4. The maximum Gasteiger partial charge on any atom is 0.419 e. The molecule has 0 fully saturated rings. The van der Waals surface area contributed by atoms with E-state index in [4.69, 9.17) is 21.1 Å². The molecule has 1 aromatic heterocycles. The highest BCUT2D eigenvalue weighted by Gasteiger charge is 2.35. The van der Waals surface area contributed by atoms with Crippen LogP contribution < -0.4 is 5.32 Å².